The summed E-state index contributed by atoms with van der Waals surface area (Å²) in [5, 5.41) is 27.5. The van der Waals surface area contributed by atoms with Crippen molar-refractivity contribution in [3.05, 3.63) is 65.1 Å². The molecule has 0 saturated carbocycles. The molecule has 0 bridgehead atoms. The highest BCUT2D eigenvalue weighted by molar-refractivity contribution is 5.87. The smallest absolute Gasteiger partial charge is 0.356 e. The zero-order valence-electron chi connectivity index (χ0n) is 20.1. The van der Waals surface area contributed by atoms with Gasteiger partial charge < -0.3 is 15.1 Å². The molecule has 3 aromatic rings. The summed E-state index contributed by atoms with van der Waals surface area (Å²) in [5.74, 6) is -0.152. The highest BCUT2D eigenvalue weighted by Crippen LogP contribution is 2.29. The number of benzene rings is 1. The fourth-order valence-electron chi connectivity index (χ4n) is 4.38. The Kier molecular flexibility index (Phi) is 6.52. The van der Waals surface area contributed by atoms with Crippen LogP contribution in [0, 0.1) is 6.92 Å². The summed E-state index contributed by atoms with van der Waals surface area (Å²) in [4.78, 5) is 20.2. The van der Waals surface area contributed by atoms with Crippen molar-refractivity contribution in [3.8, 4) is 16.9 Å². The molecule has 0 amide bonds. The molecule has 4 rings (SSSR count). The molecule has 1 saturated heterocycles. The van der Waals surface area contributed by atoms with Gasteiger partial charge in [-0.1, -0.05) is 39.0 Å². The number of aromatic hydroxyl groups is 1. The van der Waals surface area contributed by atoms with Crippen LogP contribution in [-0.2, 0) is 12.0 Å². The van der Waals surface area contributed by atoms with E-state index < -0.39 is 5.97 Å². The molecule has 1 aliphatic rings. The van der Waals surface area contributed by atoms with E-state index in [-0.39, 0.29) is 16.9 Å². The van der Waals surface area contributed by atoms with Crippen molar-refractivity contribution in [1.82, 2.24) is 20.1 Å². The Morgan fingerprint density at radius 1 is 1.03 bits per heavy atom. The van der Waals surface area contributed by atoms with Crippen molar-refractivity contribution in [1.29, 1.82) is 0 Å². The third-order valence-corrected chi connectivity index (χ3v) is 6.22. The number of carboxylic acids is 1. The van der Waals surface area contributed by atoms with E-state index in [2.05, 4.69) is 50.1 Å². The van der Waals surface area contributed by atoms with Crippen molar-refractivity contribution >= 4 is 11.8 Å². The second kappa shape index (κ2) is 9.38. The molecule has 0 spiro atoms. The summed E-state index contributed by atoms with van der Waals surface area (Å²) in [6, 6.07) is 10.0. The number of aromatic carboxylic acids is 1. The first-order valence-electron chi connectivity index (χ1n) is 11.4. The number of nitrogens with zero attached hydrogens (tertiary/aromatic N) is 5. The van der Waals surface area contributed by atoms with Gasteiger partial charge in [-0.2, -0.15) is 0 Å². The van der Waals surface area contributed by atoms with Gasteiger partial charge in [-0.15, -0.1) is 10.2 Å². The molecule has 34 heavy (non-hydrogen) atoms. The molecular weight excluding hydrogens is 430 g/mol. The molecule has 3 heterocycles. The Balaban J connectivity index is 1.42. The number of anilines is 1. The number of hydrogen-bond acceptors (Lipinski definition) is 7. The van der Waals surface area contributed by atoms with Crippen LogP contribution in [0.2, 0.25) is 0 Å². The van der Waals surface area contributed by atoms with Crippen LogP contribution in [0.25, 0.3) is 11.1 Å². The largest absolute Gasteiger partial charge is 0.506 e. The molecule has 2 N–H and O–H groups in total. The van der Waals surface area contributed by atoms with Crippen LogP contribution < -0.4 is 4.90 Å². The van der Waals surface area contributed by atoms with Gasteiger partial charge in [-0.05, 0) is 46.7 Å². The minimum Gasteiger partial charge on any atom is -0.506 e. The Labute approximate surface area is 199 Å². The van der Waals surface area contributed by atoms with Gasteiger partial charge in [-0.25, -0.2) is 4.79 Å². The monoisotopic (exact) mass is 461 g/mol. The number of carbonyl (C=O) groups is 1. The Hall–Kier alpha value is -3.52. The fraction of sp³-hybridized carbons (Fsp3) is 0.385. The standard InChI is InChI=1S/C26H31N5O3/c1-17-11-18(5-6-21(17)19-12-20(32)15-27-14-19)16-30-7-9-31(10-8-30)23-13-22(26(2,3)4)24(25(33)34)29-28-23/h5-6,11-15,32H,7-10,16H2,1-4H3,(H,33,34). The summed E-state index contributed by atoms with van der Waals surface area (Å²) in [5.41, 5.74) is 4.74. The van der Waals surface area contributed by atoms with E-state index >= 15 is 0 Å². The minimum atomic E-state index is -1.05. The zero-order chi connectivity index (χ0) is 24.5. The maximum absolute atomic E-state index is 11.6. The predicted molar refractivity (Wildman–Crippen MR) is 131 cm³/mol. The highest BCUT2D eigenvalue weighted by Gasteiger charge is 2.26. The maximum Gasteiger partial charge on any atom is 0.356 e. The molecule has 8 heteroatoms. The van der Waals surface area contributed by atoms with E-state index in [4.69, 9.17) is 0 Å². The first-order valence-corrected chi connectivity index (χ1v) is 11.4. The topological polar surface area (TPSA) is 103 Å². The van der Waals surface area contributed by atoms with Crippen LogP contribution in [0.1, 0.15) is 48.0 Å². The molecule has 0 radical (unpaired) electrons. The van der Waals surface area contributed by atoms with E-state index in [9.17, 15) is 15.0 Å². The molecule has 2 aromatic heterocycles. The molecular formula is C26H31N5O3. The summed E-state index contributed by atoms with van der Waals surface area (Å²) in [7, 11) is 0. The zero-order valence-corrected chi connectivity index (χ0v) is 20.1. The van der Waals surface area contributed by atoms with Crippen LogP contribution >= 0.6 is 0 Å². The van der Waals surface area contributed by atoms with Crippen molar-refractivity contribution in [3.63, 3.8) is 0 Å². The summed E-state index contributed by atoms with van der Waals surface area (Å²) in [6.07, 6.45) is 3.20. The lowest BCUT2D eigenvalue weighted by atomic mass is 9.86. The lowest BCUT2D eigenvalue weighted by molar-refractivity contribution is 0.0686. The number of aryl methyl sites for hydroxylation is 1. The van der Waals surface area contributed by atoms with Crippen molar-refractivity contribution in [2.24, 2.45) is 0 Å². The lowest BCUT2D eigenvalue weighted by Gasteiger charge is -2.35. The first kappa shape index (κ1) is 23.6. The second-order valence-electron chi connectivity index (χ2n) is 9.86. The third-order valence-electron chi connectivity index (χ3n) is 6.22. The molecule has 178 valence electrons. The van der Waals surface area contributed by atoms with Crippen molar-refractivity contribution in [2.75, 3.05) is 31.1 Å². The number of hydrogen-bond donors (Lipinski definition) is 2. The summed E-state index contributed by atoms with van der Waals surface area (Å²) in [6.45, 7) is 12.3. The molecule has 1 aliphatic heterocycles. The van der Waals surface area contributed by atoms with E-state index in [1.54, 1.807) is 12.3 Å². The van der Waals surface area contributed by atoms with Crippen molar-refractivity contribution < 1.29 is 15.0 Å². The summed E-state index contributed by atoms with van der Waals surface area (Å²) < 4.78 is 0. The maximum atomic E-state index is 11.6. The number of rotatable bonds is 5. The normalized spacial score (nSPS) is 14.9. The lowest BCUT2D eigenvalue weighted by Crippen LogP contribution is -2.46. The van der Waals surface area contributed by atoms with Gasteiger partial charge in [-0.3, -0.25) is 9.88 Å². The van der Waals surface area contributed by atoms with Gasteiger partial charge >= 0.3 is 5.97 Å². The van der Waals surface area contributed by atoms with E-state index in [1.165, 1.54) is 11.8 Å². The number of pyridine rings is 1. The van der Waals surface area contributed by atoms with Crippen LogP contribution in [0.4, 0.5) is 5.82 Å². The minimum absolute atomic E-state index is 0.0233. The SMILES string of the molecule is Cc1cc(CN2CCN(c3cc(C(C)(C)C)c(C(=O)O)nn3)CC2)ccc1-c1cncc(O)c1. The summed E-state index contributed by atoms with van der Waals surface area (Å²) >= 11 is 0. The number of piperazine rings is 1. The predicted octanol–water partition coefficient (Wildman–Crippen LogP) is 3.87. The van der Waals surface area contributed by atoms with E-state index in [0.29, 0.717) is 5.56 Å². The van der Waals surface area contributed by atoms with Crippen LogP contribution in [-0.4, -0.2) is 62.4 Å². The molecule has 1 aromatic carbocycles. The van der Waals surface area contributed by atoms with Crippen LogP contribution in [0.5, 0.6) is 5.75 Å². The fourth-order valence-corrected chi connectivity index (χ4v) is 4.38. The van der Waals surface area contributed by atoms with Gasteiger partial charge in [0.2, 0.25) is 0 Å². The van der Waals surface area contributed by atoms with Crippen molar-refractivity contribution in [2.45, 2.75) is 39.7 Å². The molecule has 1 fully saturated rings. The second-order valence-corrected chi connectivity index (χ2v) is 9.86. The Morgan fingerprint density at radius 2 is 1.76 bits per heavy atom. The number of aromatic nitrogens is 3. The quantitative estimate of drug-likeness (QED) is 0.590. The molecule has 0 aliphatic carbocycles. The average Bonchev–Trinajstić information content (AvgIpc) is 2.78. The van der Waals surface area contributed by atoms with Gasteiger partial charge in [0.05, 0.1) is 6.20 Å². The molecule has 0 atom stereocenters. The van der Waals surface area contributed by atoms with Gasteiger partial charge in [0, 0.05) is 44.5 Å². The average molecular weight is 462 g/mol. The van der Waals surface area contributed by atoms with Crippen LogP contribution in [0.15, 0.2) is 42.7 Å². The Morgan fingerprint density at radius 3 is 2.38 bits per heavy atom. The first-order chi connectivity index (χ1) is 16.1. The highest BCUT2D eigenvalue weighted by atomic mass is 16.4. The Bertz CT molecular complexity index is 1200. The molecule has 0 unspecified atom stereocenters. The van der Waals surface area contributed by atoms with Gasteiger partial charge in [0.15, 0.2) is 11.5 Å². The van der Waals surface area contributed by atoms with E-state index in [0.717, 1.165) is 55.2 Å². The third kappa shape index (κ3) is 5.17. The van der Waals surface area contributed by atoms with E-state index in [1.807, 2.05) is 26.8 Å². The van der Waals surface area contributed by atoms with Gasteiger partial charge in [0.1, 0.15) is 5.75 Å². The number of carboxylic acid groups (broad SMARTS) is 1. The van der Waals surface area contributed by atoms with Crippen LogP contribution in [0.3, 0.4) is 0 Å². The van der Waals surface area contributed by atoms with Gasteiger partial charge in [0.25, 0.3) is 0 Å². The molecule has 8 nitrogen and oxygen atoms in total.